The van der Waals surface area contributed by atoms with Gasteiger partial charge in [-0.05, 0) is 30.4 Å². The highest BCUT2D eigenvalue weighted by molar-refractivity contribution is 6.33. The molecular weight excluding hydrogens is 376 g/mol. The van der Waals surface area contributed by atoms with Gasteiger partial charge in [-0.25, -0.2) is 0 Å². The molecule has 2 aromatic carbocycles. The van der Waals surface area contributed by atoms with Gasteiger partial charge < -0.3 is 14.2 Å². The largest absolute Gasteiger partial charge is 0.447 e. The topological polar surface area (TPSA) is 96.0 Å². The first-order chi connectivity index (χ1) is 13.9. The molecule has 0 unspecified atom stereocenters. The summed E-state index contributed by atoms with van der Waals surface area (Å²) in [7, 11) is 0. The van der Waals surface area contributed by atoms with E-state index in [4.69, 9.17) is 14.2 Å². The molecule has 2 aliphatic carbocycles. The summed E-state index contributed by atoms with van der Waals surface area (Å²) in [5.41, 5.74) is -0.233. The van der Waals surface area contributed by atoms with E-state index in [9.17, 15) is 19.2 Å². The summed E-state index contributed by atoms with van der Waals surface area (Å²) in [6.07, 6.45) is 2.34. The highest BCUT2D eigenvalue weighted by atomic mass is 16.7. The number of rotatable bonds is 1. The highest BCUT2D eigenvalue weighted by Gasteiger charge is 2.53. The Bertz CT molecular complexity index is 1200. The smallest absolute Gasteiger partial charge is 0.308 e. The molecule has 0 amide bonds. The van der Waals surface area contributed by atoms with Gasteiger partial charge in [0.25, 0.3) is 5.79 Å². The number of benzene rings is 2. The number of ether oxygens (including phenoxy) is 3. The van der Waals surface area contributed by atoms with Gasteiger partial charge in [0.15, 0.2) is 17.3 Å². The number of allylic oxidation sites excluding steroid dienone is 3. The van der Waals surface area contributed by atoms with Crippen LogP contribution < -0.4 is 14.2 Å². The summed E-state index contributed by atoms with van der Waals surface area (Å²) in [6.45, 7) is 1.31. The van der Waals surface area contributed by atoms with E-state index in [2.05, 4.69) is 0 Å². The van der Waals surface area contributed by atoms with Crippen molar-refractivity contribution in [1.29, 1.82) is 0 Å². The van der Waals surface area contributed by atoms with Crippen LogP contribution in [-0.4, -0.2) is 29.1 Å². The first-order valence-electron chi connectivity index (χ1n) is 9.06. The third-order valence-electron chi connectivity index (χ3n) is 5.20. The van der Waals surface area contributed by atoms with Gasteiger partial charge in [0.05, 0.1) is 16.5 Å². The van der Waals surface area contributed by atoms with Crippen LogP contribution in [0.15, 0.2) is 53.6 Å². The Morgan fingerprint density at radius 2 is 1.72 bits per heavy atom. The van der Waals surface area contributed by atoms with E-state index in [1.807, 2.05) is 0 Å². The van der Waals surface area contributed by atoms with Crippen LogP contribution in [0.1, 0.15) is 19.8 Å². The van der Waals surface area contributed by atoms with Crippen molar-refractivity contribution in [3.05, 3.63) is 53.6 Å². The first kappa shape index (κ1) is 17.4. The summed E-state index contributed by atoms with van der Waals surface area (Å²) in [5.74, 6) is -2.25. The molecule has 144 valence electrons. The maximum absolute atomic E-state index is 12.7. The van der Waals surface area contributed by atoms with Crippen molar-refractivity contribution in [2.24, 2.45) is 0 Å². The number of carbonyl (C=O) groups excluding carboxylic acids is 4. The molecule has 0 bridgehead atoms. The zero-order valence-electron chi connectivity index (χ0n) is 15.3. The fourth-order valence-corrected chi connectivity index (χ4v) is 4.06. The molecule has 0 saturated carbocycles. The van der Waals surface area contributed by atoms with Crippen molar-refractivity contribution < 1.29 is 33.4 Å². The Labute approximate surface area is 164 Å². The molecule has 3 aliphatic rings. The van der Waals surface area contributed by atoms with Gasteiger partial charge in [-0.15, -0.1) is 0 Å². The molecule has 1 atom stereocenters. The average molecular weight is 390 g/mol. The Hall–Kier alpha value is -3.74. The van der Waals surface area contributed by atoms with Crippen molar-refractivity contribution in [2.45, 2.75) is 25.6 Å². The normalized spacial score (nSPS) is 22.4. The van der Waals surface area contributed by atoms with Gasteiger partial charge >= 0.3 is 5.97 Å². The zero-order valence-corrected chi connectivity index (χ0v) is 15.3. The molecule has 0 radical (unpaired) electrons. The standard InChI is InChI=1S/C22H14O7/c1-11(23)27-16-7-8-18-19-12(16)3-2-4-17(19)28-22(29-18)10-9-14(25)20-13(24)5-6-15(26)21(20)22/h2-8H,9-10H2,1H3/t22-/m1/s1. The molecule has 5 rings (SSSR count). The summed E-state index contributed by atoms with van der Waals surface area (Å²) in [4.78, 5) is 48.8. The van der Waals surface area contributed by atoms with E-state index in [1.165, 1.54) is 6.92 Å². The van der Waals surface area contributed by atoms with Crippen LogP contribution in [-0.2, 0) is 19.2 Å². The molecule has 1 spiro atoms. The minimum atomic E-state index is -1.56. The third kappa shape index (κ3) is 2.44. The number of esters is 1. The van der Waals surface area contributed by atoms with Crippen LogP contribution in [0.25, 0.3) is 10.8 Å². The van der Waals surface area contributed by atoms with Crippen LogP contribution in [0.3, 0.4) is 0 Å². The van der Waals surface area contributed by atoms with Crippen molar-refractivity contribution in [3.63, 3.8) is 0 Å². The second kappa shape index (κ2) is 5.88. The quantitative estimate of drug-likeness (QED) is 0.320. The molecule has 7 heteroatoms. The Kier molecular flexibility index (Phi) is 3.52. The lowest BCUT2D eigenvalue weighted by molar-refractivity contribution is -0.137. The summed E-state index contributed by atoms with van der Waals surface area (Å²) >= 11 is 0. The monoisotopic (exact) mass is 390 g/mol. The molecule has 0 fully saturated rings. The van der Waals surface area contributed by atoms with E-state index < -0.39 is 29.1 Å². The molecule has 29 heavy (non-hydrogen) atoms. The van der Waals surface area contributed by atoms with Gasteiger partial charge in [-0.1, -0.05) is 12.1 Å². The predicted molar refractivity (Wildman–Crippen MR) is 99.7 cm³/mol. The van der Waals surface area contributed by atoms with E-state index in [0.717, 1.165) is 12.2 Å². The van der Waals surface area contributed by atoms with Gasteiger partial charge in [0, 0.05) is 25.2 Å². The molecule has 2 aromatic rings. The van der Waals surface area contributed by atoms with Crippen molar-refractivity contribution in [3.8, 4) is 17.2 Å². The lowest BCUT2D eigenvalue weighted by atomic mass is 9.78. The fourth-order valence-electron chi connectivity index (χ4n) is 4.06. The lowest BCUT2D eigenvalue weighted by Gasteiger charge is -2.42. The minimum Gasteiger partial charge on any atom is -0.447 e. The number of hydrogen-bond acceptors (Lipinski definition) is 7. The predicted octanol–water partition coefficient (Wildman–Crippen LogP) is 2.60. The third-order valence-corrected chi connectivity index (χ3v) is 5.20. The molecule has 0 saturated heterocycles. The van der Waals surface area contributed by atoms with Crippen LogP contribution >= 0.6 is 0 Å². The van der Waals surface area contributed by atoms with Crippen LogP contribution in [0.2, 0.25) is 0 Å². The van der Waals surface area contributed by atoms with Crippen LogP contribution in [0.5, 0.6) is 17.2 Å². The van der Waals surface area contributed by atoms with E-state index >= 15 is 0 Å². The SMILES string of the molecule is CC(=O)Oc1ccc2c3c(cccc13)O[C@]1(CCC(=O)C3=C1C(=O)C=CC3=O)O2. The maximum Gasteiger partial charge on any atom is 0.308 e. The van der Waals surface area contributed by atoms with Crippen molar-refractivity contribution in [2.75, 3.05) is 0 Å². The van der Waals surface area contributed by atoms with Gasteiger partial charge in [0.2, 0.25) is 0 Å². The van der Waals surface area contributed by atoms with E-state index in [0.29, 0.717) is 28.0 Å². The molecule has 0 N–H and O–H groups in total. The van der Waals surface area contributed by atoms with Gasteiger partial charge in [0.1, 0.15) is 17.2 Å². The second-order valence-corrected chi connectivity index (χ2v) is 7.03. The Balaban J connectivity index is 1.70. The van der Waals surface area contributed by atoms with Gasteiger partial charge in [-0.2, -0.15) is 0 Å². The van der Waals surface area contributed by atoms with Crippen molar-refractivity contribution >= 4 is 34.1 Å². The fraction of sp³-hybridized carbons (Fsp3) is 0.182. The number of fused-ring (bicyclic) bond motifs is 1. The molecule has 1 heterocycles. The summed E-state index contributed by atoms with van der Waals surface area (Å²) in [6, 6.07) is 8.41. The van der Waals surface area contributed by atoms with Gasteiger partial charge in [-0.3, -0.25) is 19.2 Å². The number of carbonyl (C=O) groups is 4. The number of Topliss-reactive ketones (excluding diaryl/α,β-unsaturated/α-hetero) is 1. The highest BCUT2D eigenvalue weighted by Crippen LogP contribution is 2.49. The second-order valence-electron chi connectivity index (χ2n) is 7.03. The zero-order chi connectivity index (χ0) is 20.3. The minimum absolute atomic E-state index is 0.0164. The first-order valence-corrected chi connectivity index (χ1v) is 9.06. The lowest BCUT2D eigenvalue weighted by Crippen LogP contribution is -2.52. The number of hydrogen-bond donors (Lipinski definition) is 0. The molecule has 7 nitrogen and oxygen atoms in total. The average Bonchev–Trinajstić information content (AvgIpc) is 2.69. The molecule has 0 aromatic heterocycles. The molecular formula is C22H14O7. The maximum atomic E-state index is 12.7. The van der Waals surface area contributed by atoms with E-state index in [-0.39, 0.29) is 24.0 Å². The van der Waals surface area contributed by atoms with Crippen LogP contribution in [0, 0.1) is 0 Å². The summed E-state index contributed by atoms with van der Waals surface area (Å²) in [5, 5.41) is 1.19. The van der Waals surface area contributed by atoms with Crippen LogP contribution in [0.4, 0.5) is 0 Å². The van der Waals surface area contributed by atoms with E-state index in [1.54, 1.807) is 30.3 Å². The Morgan fingerprint density at radius 3 is 2.48 bits per heavy atom. The summed E-state index contributed by atoms with van der Waals surface area (Å²) < 4.78 is 17.6. The van der Waals surface area contributed by atoms with Crippen molar-refractivity contribution in [1.82, 2.24) is 0 Å². The Morgan fingerprint density at radius 1 is 1.00 bits per heavy atom. The number of ketones is 3. The molecule has 1 aliphatic heterocycles.